The van der Waals surface area contributed by atoms with Crippen LogP contribution in [0, 0.1) is 0 Å². The molecule has 3 aromatic carbocycles. The number of fused-ring (bicyclic) bond motifs is 1. The van der Waals surface area contributed by atoms with E-state index in [2.05, 4.69) is 6.92 Å². The fraction of sp³-hybridized carbons (Fsp3) is 0.357. The van der Waals surface area contributed by atoms with E-state index in [9.17, 15) is 19.8 Å². The number of carbonyl (C=O) groups is 2. The summed E-state index contributed by atoms with van der Waals surface area (Å²) in [4.78, 5) is 34.0. The summed E-state index contributed by atoms with van der Waals surface area (Å²) in [6.07, 6.45) is 2.07. The number of ether oxygens (including phenoxy) is 1. The number of hydrogen-bond donors (Lipinski definition) is 2. The molecule has 0 amide bonds. The molecule has 0 fully saturated rings. The van der Waals surface area contributed by atoms with Gasteiger partial charge >= 0.3 is 5.97 Å². The Bertz CT molecular complexity index is 1190. The second-order valence-electron chi connectivity index (χ2n) is 8.47. The molecular weight excluding hydrogens is 448 g/mol. The van der Waals surface area contributed by atoms with Crippen LogP contribution in [0.25, 0.3) is 10.8 Å². The molecule has 0 aliphatic heterocycles. The van der Waals surface area contributed by atoms with Crippen molar-refractivity contribution >= 4 is 22.5 Å². The smallest absolute Gasteiger partial charge is 0.373 e. The zero-order chi connectivity index (χ0) is 25.4. The normalized spacial score (nSPS) is 11.9. The minimum atomic E-state index is -1.08. The summed E-state index contributed by atoms with van der Waals surface area (Å²) in [6.45, 7) is 5.00. The Kier molecular flexibility index (Phi) is 9.23. The molecule has 0 aromatic heterocycles. The Morgan fingerprint density at radius 1 is 0.971 bits per heavy atom. The van der Waals surface area contributed by atoms with Crippen LogP contribution in [-0.2, 0) is 22.6 Å². The molecule has 0 aliphatic rings. The lowest BCUT2D eigenvalue weighted by Gasteiger charge is -2.16. The second-order valence-corrected chi connectivity index (χ2v) is 8.47. The van der Waals surface area contributed by atoms with Gasteiger partial charge in [-0.1, -0.05) is 51.0 Å². The maximum Gasteiger partial charge on any atom is 0.373 e. The average molecular weight is 481 g/mol. The highest BCUT2D eigenvalue weighted by Gasteiger charge is 2.18. The summed E-state index contributed by atoms with van der Waals surface area (Å²) in [7, 11) is 0. The van der Waals surface area contributed by atoms with Crippen LogP contribution in [0.2, 0.25) is 0 Å². The summed E-state index contributed by atoms with van der Waals surface area (Å²) >= 11 is 0. The molecule has 35 heavy (non-hydrogen) atoms. The largest absolute Gasteiger partial charge is 0.507 e. The molecule has 186 valence electrons. The van der Waals surface area contributed by atoms with Crippen molar-refractivity contribution in [2.24, 2.45) is 0 Å². The van der Waals surface area contributed by atoms with Gasteiger partial charge in [0.05, 0.1) is 11.1 Å². The molecule has 0 bridgehead atoms. The molecule has 1 unspecified atom stereocenters. The van der Waals surface area contributed by atoms with Crippen LogP contribution in [0.3, 0.4) is 0 Å². The van der Waals surface area contributed by atoms with Crippen LogP contribution in [0.15, 0.2) is 48.5 Å². The summed E-state index contributed by atoms with van der Waals surface area (Å²) in [5.74, 6) is -0.616. The topological polar surface area (TPSA) is 102 Å². The number of rotatable bonds is 12. The molecule has 7 nitrogen and oxygen atoms in total. The van der Waals surface area contributed by atoms with Crippen LogP contribution >= 0.6 is 0 Å². The monoisotopic (exact) mass is 480 g/mol. The average Bonchev–Trinajstić information content (AvgIpc) is 2.84. The highest BCUT2D eigenvalue weighted by Crippen LogP contribution is 2.33. The Balaban J connectivity index is 1.56. The number of Topliss-reactive ketones (excluding diaryl/α,β-unsaturated/α-hetero) is 1. The molecule has 0 saturated carbocycles. The van der Waals surface area contributed by atoms with Crippen LogP contribution in [0.1, 0.15) is 65.5 Å². The molecule has 0 aliphatic carbocycles. The van der Waals surface area contributed by atoms with Crippen LogP contribution < -0.4 is 4.74 Å². The molecule has 3 rings (SSSR count). The van der Waals surface area contributed by atoms with Gasteiger partial charge in [-0.15, -0.1) is 0 Å². The van der Waals surface area contributed by atoms with Crippen molar-refractivity contribution in [3.8, 4) is 11.5 Å². The lowest BCUT2D eigenvalue weighted by molar-refractivity contribution is -0.255. The number of aryl methyl sites for hydroxylation is 1. The number of hydrogen-bond acceptors (Lipinski definition) is 7. The Morgan fingerprint density at radius 2 is 1.74 bits per heavy atom. The van der Waals surface area contributed by atoms with E-state index in [1.165, 1.54) is 13.0 Å². The summed E-state index contributed by atoms with van der Waals surface area (Å²) in [5, 5.41) is 22.7. The van der Waals surface area contributed by atoms with Crippen molar-refractivity contribution < 1.29 is 34.3 Å². The molecule has 0 heterocycles. The first kappa shape index (κ1) is 26.2. The van der Waals surface area contributed by atoms with Crippen molar-refractivity contribution in [3.05, 3.63) is 70.8 Å². The van der Waals surface area contributed by atoms with Gasteiger partial charge in [0.25, 0.3) is 0 Å². The summed E-state index contributed by atoms with van der Waals surface area (Å²) < 4.78 is 5.65. The minimum absolute atomic E-state index is 0.103. The van der Waals surface area contributed by atoms with E-state index in [4.69, 9.17) is 14.5 Å². The third kappa shape index (κ3) is 6.59. The zero-order valence-corrected chi connectivity index (χ0v) is 20.4. The molecule has 0 saturated heterocycles. The standard InChI is InChI=1S/C28H32O7/c1-4-7-19-9-6-10-20-11-12-21(15-25(19)20)28(32)35-34-17-22(30)16-33-26-14-13-23(18(3)29)27(31)24(26)8-5-2/h6,9-15,22,30-31H,4-5,7-8,16-17H2,1-3H3. The minimum Gasteiger partial charge on any atom is -0.507 e. The molecule has 7 heteroatoms. The molecule has 0 radical (unpaired) electrons. The number of phenols is 1. The number of phenolic OH excluding ortho intramolecular Hbond substituents is 1. The lowest BCUT2D eigenvalue weighted by atomic mass is 9.99. The fourth-order valence-corrected chi connectivity index (χ4v) is 3.93. The van der Waals surface area contributed by atoms with E-state index < -0.39 is 12.1 Å². The van der Waals surface area contributed by atoms with E-state index in [0.29, 0.717) is 23.3 Å². The number of aromatic hydroxyl groups is 1. The van der Waals surface area contributed by atoms with Crippen molar-refractivity contribution in [1.82, 2.24) is 0 Å². The van der Waals surface area contributed by atoms with Gasteiger partial charge in [0, 0.05) is 5.56 Å². The third-order valence-electron chi connectivity index (χ3n) is 5.67. The van der Waals surface area contributed by atoms with Crippen molar-refractivity contribution in [2.45, 2.75) is 52.6 Å². The van der Waals surface area contributed by atoms with E-state index in [1.54, 1.807) is 18.2 Å². The van der Waals surface area contributed by atoms with Gasteiger partial charge in [-0.3, -0.25) is 9.68 Å². The second kappa shape index (κ2) is 12.3. The number of carbonyl (C=O) groups excluding carboxylic acids is 2. The predicted molar refractivity (Wildman–Crippen MR) is 133 cm³/mol. The Hall–Kier alpha value is -3.42. The van der Waals surface area contributed by atoms with Crippen LogP contribution in [0.5, 0.6) is 11.5 Å². The SMILES string of the molecule is CCCc1c(OCC(O)COOC(=O)c2ccc3cccc(CCC)c3c2)ccc(C(C)=O)c1O. The van der Waals surface area contributed by atoms with Gasteiger partial charge < -0.3 is 14.9 Å². The zero-order valence-electron chi connectivity index (χ0n) is 20.4. The third-order valence-corrected chi connectivity index (χ3v) is 5.67. The van der Waals surface area contributed by atoms with Crippen molar-refractivity contribution in [3.63, 3.8) is 0 Å². The lowest BCUT2D eigenvalue weighted by Crippen LogP contribution is -2.24. The number of benzene rings is 3. The van der Waals surface area contributed by atoms with Crippen molar-refractivity contribution in [2.75, 3.05) is 13.2 Å². The van der Waals surface area contributed by atoms with E-state index >= 15 is 0 Å². The molecule has 0 spiro atoms. The maximum absolute atomic E-state index is 12.4. The number of aliphatic hydroxyl groups is 1. The number of aliphatic hydroxyl groups excluding tert-OH is 1. The van der Waals surface area contributed by atoms with Gasteiger partial charge in [-0.2, -0.15) is 4.89 Å². The predicted octanol–water partition coefficient (Wildman–Crippen LogP) is 5.18. The van der Waals surface area contributed by atoms with Gasteiger partial charge in [-0.05, 0) is 60.4 Å². The van der Waals surface area contributed by atoms with E-state index in [-0.39, 0.29) is 30.3 Å². The fourth-order valence-electron chi connectivity index (χ4n) is 3.93. The van der Waals surface area contributed by atoms with Gasteiger partial charge in [0.15, 0.2) is 5.78 Å². The number of ketones is 1. The highest BCUT2D eigenvalue weighted by molar-refractivity contribution is 5.97. The first-order chi connectivity index (χ1) is 16.8. The Morgan fingerprint density at radius 3 is 2.46 bits per heavy atom. The van der Waals surface area contributed by atoms with Crippen LogP contribution in [0.4, 0.5) is 0 Å². The maximum atomic E-state index is 12.4. The van der Waals surface area contributed by atoms with Crippen molar-refractivity contribution in [1.29, 1.82) is 0 Å². The van der Waals surface area contributed by atoms with Crippen LogP contribution in [-0.4, -0.2) is 41.3 Å². The first-order valence-electron chi connectivity index (χ1n) is 11.9. The van der Waals surface area contributed by atoms with E-state index in [0.717, 1.165) is 35.6 Å². The van der Waals surface area contributed by atoms with E-state index in [1.807, 2.05) is 31.2 Å². The first-order valence-corrected chi connectivity index (χ1v) is 11.9. The molecule has 2 N–H and O–H groups in total. The highest BCUT2D eigenvalue weighted by atomic mass is 17.2. The molecule has 3 aromatic rings. The van der Waals surface area contributed by atoms with Gasteiger partial charge in [-0.25, -0.2) is 4.79 Å². The molecular formula is C28H32O7. The van der Waals surface area contributed by atoms with Gasteiger partial charge in [0.1, 0.15) is 30.8 Å². The Labute approximate surface area is 205 Å². The van der Waals surface area contributed by atoms with Gasteiger partial charge in [0.2, 0.25) is 0 Å². The summed E-state index contributed by atoms with van der Waals surface area (Å²) in [6, 6.07) is 14.5. The quantitative estimate of drug-likeness (QED) is 0.209. The molecule has 1 atom stereocenters. The summed E-state index contributed by atoms with van der Waals surface area (Å²) in [5.41, 5.74) is 2.26.